The molecule has 1 aliphatic carbocycles. The maximum absolute atomic E-state index is 13.9. The zero-order valence-corrected chi connectivity index (χ0v) is 15.7. The number of carbonyl (C=O) groups excluding carboxylic acids is 2. The number of carbonyl (C=O) groups is 2. The topological polar surface area (TPSA) is 67.4 Å². The molecular weight excluding hydrogens is 359 g/mol. The summed E-state index contributed by atoms with van der Waals surface area (Å²) in [6.07, 6.45) is 0.517. The van der Waals surface area contributed by atoms with Gasteiger partial charge in [-0.25, -0.2) is 4.39 Å². The lowest BCUT2D eigenvalue weighted by molar-refractivity contribution is -0.151. The van der Waals surface area contributed by atoms with E-state index in [2.05, 4.69) is 10.6 Å². The summed E-state index contributed by atoms with van der Waals surface area (Å²) in [7, 11) is 1.29. The summed E-state index contributed by atoms with van der Waals surface area (Å²) in [5.41, 5.74) is 3.48. The van der Waals surface area contributed by atoms with Crippen molar-refractivity contribution in [3.05, 3.63) is 71.2 Å². The zero-order chi connectivity index (χ0) is 19.8. The van der Waals surface area contributed by atoms with Gasteiger partial charge in [0.25, 0.3) is 0 Å². The second-order valence-corrected chi connectivity index (χ2v) is 7.24. The molecule has 0 spiro atoms. The summed E-state index contributed by atoms with van der Waals surface area (Å²) in [6, 6.07) is 13.2. The molecular formula is C22H21FN2O3. The van der Waals surface area contributed by atoms with E-state index in [1.54, 1.807) is 12.1 Å². The molecule has 0 aromatic heterocycles. The number of fused-ring (bicyclic) bond motifs is 1. The van der Waals surface area contributed by atoms with E-state index in [4.69, 9.17) is 4.74 Å². The Bertz CT molecular complexity index is 985. The second kappa shape index (κ2) is 7.11. The zero-order valence-electron chi connectivity index (χ0n) is 15.7. The smallest absolute Gasteiger partial charge is 0.316 e. The third kappa shape index (κ3) is 3.05. The van der Waals surface area contributed by atoms with Crippen molar-refractivity contribution in [1.29, 1.82) is 0 Å². The molecule has 5 nitrogen and oxygen atoms in total. The Hall–Kier alpha value is -3.15. The van der Waals surface area contributed by atoms with Crippen molar-refractivity contribution in [3.8, 4) is 0 Å². The van der Waals surface area contributed by atoms with Crippen molar-refractivity contribution in [2.24, 2.45) is 11.8 Å². The van der Waals surface area contributed by atoms with Gasteiger partial charge in [0.05, 0.1) is 24.5 Å². The quantitative estimate of drug-likeness (QED) is 0.608. The monoisotopic (exact) mass is 380 g/mol. The molecule has 0 saturated carbocycles. The molecule has 2 aromatic rings. The van der Waals surface area contributed by atoms with Crippen LogP contribution in [0.5, 0.6) is 0 Å². The Morgan fingerprint density at radius 3 is 2.61 bits per heavy atom. The number of ether oxygens (including phenoxy) is 1. The number of Topliss-reactive ketones (excluding diaryl/α,β-unsaturated/α-hetero) is 1. The summed E-state index contributed by atoms with van der Waals surface area (Å²) >= 11 is 0. The molecule has 4 rings (SSSR count). The number of benzene rings is 2. The highest BCUT2D eigenvalue weighted by Crippen LogP contribution is 2.43. The summed E-state index contributed by atoms with van der Waals surface area (Å²) in [5, 5.41) is 6.73. The van der Waals surface area contributed by atoms with E-state index in [0.29, 0.717) is 17.6 Å². The predicted molar refractivity (Wildman–Crippen MR) is 104 cm³/mol. The minimum absolute atomic E-state index is 0.204. The van der Waals surface area contributed by atoms with Crippen molar-refractivity contribution >= 4 is 23.1 Å². The molecule has 2 aromatic carbocycles. The van der Waals surface area contributed by atoms with Crippen LogP contribution in [0.1, 0.15) is 24.9 Å². The number of esters is 1. The van der Waals surface area contributed by atoms with E-state index < -0.39 is 17.9 Å². The van der Waals surface area contributed by atoms with Gasteiger partial charge in [-0.2, -0.15) is 0 Å². The Balaban J connectivity index is 1.88. The SMILES string of the molecule is COC(=O)[C@H]1C(=O)C2=C(C[C@H]1C)Nc1ccccc1N[C@@H]2c1cccc(F)c1. The van der Waals surface area contributed by atoms with Gasteiger partial charge in [0, 0.05) is 11.3 Å². The second-order valence-electron chi connectivity index (χ2n) is 7.24. The molecule has 0 amide bonds. The molecule has 28 heavy (non-hydrogen) atoms. The Kier molecular flexibility index (Phi) is 4.63. The summed E-state index contributed by atoms with van der Waals surface area (Å²) in [5.74, 6) is -2.28. The van der Waals surface area contributed by atoms with Crippen LogP contribution in [-0.2, 0) is 14.3 Å². The number of methoxy groups -OCH3 is 1. The molecule has 2 aliphatic rings. The van der Waals surface area contributed by atoms with Crippen LogP contribution in [0.15, 0.2) is 59.8 Å². The van der Waals surface area contributed by atoms with E-state index in [1.807, 2.05) is 31.2 Å². The van der Waals surface area contributed by atoms with Gasteiger partial charge in [-0.3, -0.25) is 9.59 Å². The number of halogens is 1. The molecule has 2 N–H and O–H groups in total. The number of rotatable bonds is 2. The van der Waals surface area contributed by atoms with Crippen molar-refractivity contribution in [3.63, 3.8) is 0 Å². The minimum atomic E-state index is -0.871. The lowest BCUT2D eigenvalue weighted by Crippen LogP contribution is -2.39. The highest BCUT2D eigenvalue weighted by Gasteiger charge is 2.44. The van der Waals surface area contributed by atoms with E-state index in [-0.39, 0.29) is 17.5 Å². The van der Waals surface area contributed by atoms with Gasteiger partial charge < -0.3 is 15.4 Å². The highest BCUT2D eigenvalue weighted by atomic mass is 19.1. The van der Waals surface area contributed by atoms with Gasteiger partial charge in [0.1, 0.15) is 11.7 Å². The number of hydrogen-bond acceptors (Lipinski definition) is 5. The van der Waals surface area contributed by atoms with E-state index in [0.717, 1.165) is 17.1 Å². The van der Waals surface area contributed by atoms with Crippen LogP contribution in [0.25, 0.3) is 0 Å². The third-order valence-electron chi connectivity index (χ3n) is 5.41. The molecule has 0 bridgehead atoms. The first kappa shape index (κ1) is 18.2. The fraction of sp³-hybridized carbons (Fsp3) is 0.273. The molecule has 0 unspecified atom stereocenters. The van der Waals surface area contributed by atoms with Gasteiger partial charge in [-0.05, 0) is 42.2 Å². The molecule has 1 aliphatic heterocycles. The molecule has 144 valence electrons. The van der Waals surface area contributed by atoms with Gasteiger partial charge in [-0.15, -0.1) is 0 Å². The van der Waals surface area contributed by atoms with Gasteiger partial charge in [-0.1, -0.05) is 31.2 Å². The number of anilines is 2. The van der Waals surface area contributed by atoms with Crippen molar-refractivity contribution < 1.29 is 18.7 Å². The van der Waals surface area contributed by atoms with Crippen LogP contribution in [0, 0.1) is 17.7 Å². The van der Waals surface area contributed by atoms with Crippen molar-refractivity contribution in [1.82, 2.24) is 0 Å². The number of hydrogen-bond donors (Lipinski definition) is 2. The molecule has 0 radical (unpaired) electrons. The Morgan fingerprint density at radius 1 is 1.14 bits per heavy atom. The normalized spacial score (nSPS) is 23.7. The molecule has 0 fully saturated rings. The average Bonchev–Trinajstić information content (AvgIpc) is 2.84. The lowest BCUT2D eigenvalue weighted by atomic mass is 9.75. The lowest BCUT2D eigenvalue weighted by Gasteiger charge is -2.32. The molecule has 6 heteroatoms. The first-order valence-electron chi connectivity index (χ1n) is 9.22. The summed E-state index contributed by atoms with van der Waals surface area (Å²) in [6.45, 7) is 1.87. The van der Waals surface area contributed by atoms with Crippen molar-refractivity contribution in [2.45, 2.75) is 19.4 Å². The molecule has 1 heterocycles. The number of ketones is 1. The first-order chi connectivity index (χ1) is 13.5. The van der Waals surface area contributed by atoms with Crippen LogP contribution >= 0.6 is 0 Å². The first-order valence-corrected chi connectivity index (χ1v) is 9.22. The van der Waals surface area contributed by atoms with Crippen LogP contribution in [-0.4, -0.2) is 18.9 Å². The van der Waals surface area contributed by atoms with Crippen LogP contribution < -0.4 is 10.6 Å². The van der Waals surface area contributed by atoms with Gasteiger partial charge in [0.15, 0.2) is 5.78 Å². The van der Waals surface area contributed by atoms with Crippen molar-refractivity contribution in [2.75, 3.05) is 17.7 Å². The number of nitrogens with one attached hydrogen (secondary N) is 2. The minimum Gasteiger partial charge on any atom is -0.468 e. The fourth-order valence-corrected chi connectivity index (χ4v) is 4.07. The Morgan fingerprint density at radius 2 is 1.89 bits per heavy atom. The van der Waals surface area contributed by atoms with E-state index in [1.165, 1.54) is 19.2 Å². The predicted octanol–water partition coefficient (Wildman–Crippen LogP) is 4.06. The molecule has 0 saturated heterocycles. The fourth-order valence-electron chi connectivity index (χ4n) is 4.07. The van der Waals surface area contributed by atoms with Gasteiger partial charge in [0.2, 0.25) is 0 Å². The Labute approximate surface area is 162 Å². The maximum Gasteiger partial charge on any atom is 0.316 e. The highest BCUT2D eigenvalue weighted by molar-refractivity contribution is 6.11. The summed E-state index contributed by atoms with van der Waals surface area (Å²) in [4.78, 5) is 25.7. The number of para-hydroxylation sites is 2. The standard InChI is InChI=1S/C22H21FN2O3/c1-12-10-17-19(21(26)18(12)22(27)28-2)20(13-6-5-7-14(23)11-13)25-16-9-4-3-8-15(16)24-17/h3-9,11-12,18,20,24-25H,10H2,1-2H3/t12-,18-,20-/m1/s1. The van der Waals surface area contributed by atoms with E-state index in [9.17, 15) is 14.0 Å². The van der Waals surface area contributed by atoms with Crippen LogP contribution in [0.3, 0.4) is 0 Å². The van der Waals surface area contributed by atoms with E-state index >= 15 is 0 Å². The largest absolute Gasteiger partial charge is 0.468 e. The van der Waals surface area contributed by atoms with Gasteiger partial charge >= 0.3 is 5.97 Å². The van der Waals surface area contributed by atoms with Crippen LogP contribution in [0.2, 0.25) is 0 Å². The van der Waals surface area contributed by atoms with Crippen LogP contribution in [0.4, 0.5) is 15.8 Å². The molecule has 3 atom stereocenters. The third-order valence-corrected chi connectivity index (χ3v) is 5.41. The number of allylic oxidation sites excluding steroid dienone is 1. The average molecular weight is 380 g/mol. The summed E-state index contributed by atoms with van der Waals surface area (Å²) < 4.78 is 18.8. The maximum atomic E-state index is 13.9.